The quantitative estimate of drug-likeness (QED) is 0.862. The van der Waals surface area contributed by atoms with Crippen LogP contribution >= 0.6 is 0 Å². The molecule has 6 nitrogen and oxygen atoms in total. The fraction of sp³-hybridized carbons (Fsp3) is 0.500. The van der Waals surface area contributed by atoms with Crippen LogP contribution in [0.1, 0.15) is 31.4 Å². The third-order valence-corrected chi connectivity index (χ3v) is 3.84. The van der Waals surface area contributed by atoms with Crippen LogP contribution in [-0.2, 0) is 4.74 Å². The number of hydrogen-bond donors (Lipinski definition) is 1. The normalized spacial score (nSPS) is 21.7. The van der Waals surface area contributed by atoms with Crippen molar-refractivity contribution in [2.24, 2.45) is 0 Å². The first-order valence-electron chi connectivity index (χ1n) is 6.95. The first-order valence-corrected chi connectivity index (χ1v) is 6.95. The van der Waals surface area contributed by atoms with Crippen molar-refractivity contribution in [2.75, 3.05) is 12.3 Å². The number of nitrogens with zero attached hydrogens (tertiary/aromatic N) is 4. The minimum Gasteiger partial charge on any atom is -0.398 e. The lowest BCUT2D eigenvalue weighted by Gasteiger charge is -2.35. The molecule has 0 atom stereocenters. The smallest absolute Gasteiger partial charge is 0.184 e. The number of hydrogen-bond acceptors (Lipinski definition) is 5. The molecule has 0 saturated heterocycles. The molecule has 3 rings (SSSR count). The predicted molar refractivity (Wildman–Crippen MR) is 76.1 cm³/mol. The maximum Gasteiger partial charge on any atom is 0.184 e. The molecule has 1 aliphatic rings. The van der Waals surface area contributed by atoms with Crippen LogP contribution in [-0.4, -0.2) is 32.9 Å². The van der Waals surface area contributed by atoms with Crippen molar-refractivity contribution in [3.8, 4) is 11.4 Å². The third-order valence-electron chi connectivity index (χ3n) is 3.84. The Bertz CT molecular complexity index is 583. The molecule has 1 aromatic heterocycles. The molecule has 6 heteroatoms. The van der Waals surface area contributed by atoms with E-state index in [2.05, 4.69) is 15.5 Å². The zero-order valence-corrected chi connectivity index (χ0v) is 11.8. The Hall–Kier alpha value is -1.95. The summed E-state index contributed by atoms with van der Waals surface area (Å²) in [5.74, 6) is 0.751. The molecular formula is C14H19N5O. The second kappa shape index (κ2) is 5.20. The van der Waals surface area contributed by atoms with Gasteiger partial charge < -0.3 is 10.5 Å². The van der Waals surface area contributed by atoms with Crippen LogP contribution in [0.4, 0.5) is 5.69 Å². The SMILES string of the molecule is CCOC1CC(n2nnnc2-c2c(C)cccc2N)C1. The molecule has 1 fully saturated rings. The molecule has 1 aromatic carbocycles. The van der Waals surface area contributed by atoms with Gasteiger partial charge in [-0.15, -0.1) is 5.10 Å². The fourth-order valence-corrected chi connectivity index (χ4v) is 2.71. The summed E-state index contributed by atoms with van der Waals surface area (Å²) in [4.78, 5) is 0. The number of aryl methyl sites for hydroxylation is 1. The summed E-state index contributed by atoms with van der Waals surface area (Å²) in [6, 6.07) is 6.15. The summed E-state index contributed by atoms with van der Waals surface area (Å²) in [5, 5.41) is 12.1. The zero-order valence-electron chi connectivity index (χ0n) is 11.8. The van der Waals surface area contributed by atoms with E-state index in [1.165, 1.54) is 0 Å². The minimum atomic E-state index is 0.301. The van der Waals surface area contributed by atoms with Gasteiger partial charge in [0.05, 0.1) is 12.1 Å². The lowest BCUT2D eigenvalue weighted by Crippen LogP contribution is -2.34. The van der Waals surface area contributed by atoms with Crippen LogP contribution in [0.3, 0.4) is 0 Å². The molecule has 1 heterocycles. The maximum atomic E-state index is 6.08. The standard InChI is InChI=1S/C14H19N5O/c1-3-20-11-7-10(8-11)19-14(16-17-18-19)13-9(2)5-4-6-12(13)15/h4-6,10-11H,3,7-8,15H2,1-2H3. The van der Waals surface area contributed by atoms with Gasteiger partial charge in [0.15, 0.2) is 5.82 Å². The second-order valence-corrected chi connectivity index (χ2v) is 5.19. The molecule has 0 spiro atoms. The van der Waals surface area contributed by atoms with Crippen LogP contribution in [0.25, 0.3) is 11.4 Å². The predicted octanol–water partition coefficient (Wildman–Crippen LogP) is 1.97. The Labute approximate surface area is 117 Å². The summed E-state index contributed by atoms with van der Waals surface area (Å²) >= 11 is 0. The topological polar surface area (TPSA) is 78.8 Å². The lowest BCUT2D eigenvalue weighted by molar-refractivity contribution is -0.0227. The lowest BCUT2D eigenvalue weighted by atomic mass is 9.89. The summed E-state index contributed by atoms with van der Waals surface area (Å²) < 4.78 is 7.48. The highest BCUT2D eigenvalue weighted by molar-refractivity contribution is 5.74. The number of nitrogens with two attached hydrogens (primary N) is 1. The molecule has 106 valence electrons. The second-order valence-electron chi connectivity index (χ2n) is 5.19. The van der Waals surface area contributed by atoms with Gasteiger partial charge in [-0.3, -0.25) is 0 Å². The molecule has 0 radical (unpaired) electrons. The van der Waals surface area contributed by atoms with Crippen molar-refractivity contribution in [1.29, 1.82) is 0 Å². The van der Waals surface area contributed by atoms with Gasteiger partial charge in [0.25, 0.3) is 0 Å². The Morgan fingerprint density at radius 2 is 2.20 bits per heavy atom. The third kappa shape index (κ3) is 2.16. The van der Waals surface area contributed by atoms with Crippen molar-refractivity contribution in [3.63, 3.8) is 0 Å². The number of rotatable bonds is 4. The van der Waals surface area contributed by atoms with Crippen molar-refractivity contribution in [2.45, 2.75) is 38.8 Å². The number of nitrogen functional groups attached to an aromatic ring is 1. The largest absolute Gasteiger partial charge is 0.398 e. The molecule has 1 saturated carbocycles. The van der Waals surface area contributed by atoms with Crippen LogP contribution in [0.2, 0.25) is 0 Å². The Balaban J connectivity index is 1.88. The van der Waals surface area contributed by atoms with Crippen LogP contribution < -0.4 is 5.73 Å². The molecule has 20 heavy (non-hydrogen) atoms. The van der Waals surface area contributed by atoms with Gasteiger partial charge in [0, 0.05) is 17.9 Å². The van der Waals surface area contributed by atoms with Gasteiger partial charge in [-0.25, -0.2) is 4.68 Å². The van der Waals surface area contributed by atoms with Gasteiger partial charge in [0.2, 0.25) is 0 Å². The van der Waals surface area contributed by atoms with Gasteiger partial charge in [0.1, 0.15) is 0 Å². The molecule has 0 bridgehead atoms. The van der Waals surface area contributed by atoms with Gasteiger partial charge in [-0.2, -0.15) is 0 Å². The van der Waals surface area contributed by atoms with Crippen molar-refractivity contribution in [1.82, 2.24) is 20.2 Å². The molecule has 2 N–H and O–H groups in total. The first-order chi connectivity index (χ1) is 9.70. The minimum absolute atomic E-state index is 0.301. The van der Waals surface area contributed by atoms with Crippen LogP contribution in [0.15, 0.2) is 18.2 Å². The highest BCUT2D eigenvalue weighted by Crippen LogP contribution is 2.37. The number of anilines is 1. The Morgan fingerprint density at radius 1 is 1.40 bits per heavy atom. The highest BCUT2D eigenvalue weighted by Gasteiger charge is 2.34. The first kappa shape index (κ1) is 13.1. The molecular weight excluding hydrogens is 254 g/mol. The summed E-state index contributed by atoms with van der Waals surface area (Å²) in [6.07, 6.45) is 2.24. The summed E-state index contributed by atoms with van der Waals surface area (Å²) in [5.41, 5.74) is 8.81. The zero-order chi connectivity index (χ0) is 14.1. The van der Waals surface area contributed by atoms with Gasteiger partial charge in [-0.1, -0.05) is 12.1 Å². The van der Waals surface area contributed by atoms with Crippen molar-refractivity contribution >= 4 is 5.69 Å². The Kier molecular flexibility index (Phi) is 3.40. The molecule has 2 aromatic rings. The van der Waals surface area contributed by atoms with Gasteiger partial charge in [-0.05, 0) is 48.7 Å². The van der Waals surface area contributed by atoms with Crippen LogP contribution in [0, 0.1) is 6.92 Å². The van der Waals surface area contributed by atoms with Gasteiger partial charge >= 0.3 is 0 Å². The monoisotopic (exact) mass is 273 g/mol. The van der Waals surface area contributed by atoms with E-state index in [4.69, 9.17) is 10.5 Å². The molecule has 0 amide bonds. The van der Waals surface area contributed by atoms with E-state index in [0.717, 1.165) is 36.4 Å². The highest BCUT2D eigenvalue weighted by atomic mass is 16.5. The van der Waals surface area contributed by atoms with E-state index in [1.807, 2.05) is 36.7 Å². The number of aromatic nitrogens is 4. The Morgan fingerprint density at radius 3 is 2.90 bits per heavy atom. The van der Waals surface area contributed by atoms with Crippen LogP contribution in [0.5, 0.6) is 0 Å². The van der Waals surface area contributed by atoms with E-state index in [0.29, 0.717) is 17.8 Å². The van der Waals surface area contributed by atoms with Crippen molar-refractivity contribution in [3.05, 3.63) is 23.8 Å². The fourth-order valence-electron chi connectivity index (χ4n) is 2.71. The molecule has 1 aliphatic carbocycles. The van der Waals surface area contributed by atoms with E-state index >= 15 is 0 Å². The molecule has 0 aliphatic heterocycles. The summed E-state index contributed by atoms with van der Waals surface area (Å²) in [6.45, 7) is 4.79. The molecule has 0 unspecified atom stereocenters. The van der Waals surface area contributed by atoms with Crippen molar-refractivity contribution < 1.29 is 4.74 Å². The maximum absolute atomic E-state index is 6.08. The van der Waals surface area contributed by atoms with E-state index in [-0.39, 0.29) is 0 Å². The number of tetrazole rings is 1. The van der Waals surface area contributed by atoms with E-state index in [9.17, 15) is 0 Å². The summed E-state index contributed by atoms with van der Waals surface area (Å²) in [7, 11) is 0. The number of ether oxygens (including phenoxy) is 1. The van der Waals surface area contributed by atoms with E-state index < -0.39 is 0 Å². The number of benzene rings is 1. The average Bonchev–Trinajstić information content (AvgIpc) is 2.82. The van der Waals surface area contributed by atoms with E-state index in [1.54, 1.807) is 0 Å². The average molecular weight is 273 g/mol.